The summed E-state index contributed by atoms with van der Waals surface area (Å²) in [5.41, 5.74) is -0.0175. The van der Waals surface area contributed by atoms with E-state index in [0.717, 1.165) is 0 Å². The van der Waals surface area contributed by atoms with Crippen LogP contribution < -0.4 is 10.1 Å². The summed E-state index contributed by atoms with van der Waals surface area (Å²) in [4.78, 5) is 12.1. The topological polar surface area (TPSA) is 38.3 Å². The number of amides is 1. The molecule has 1 N–H and O–H groups in total. The van der Waals surface area contributed by atoms with Crippen molar-refractivity contribution >= 4 is 5.91 Å². The molecule has 3 nitrogen and oxygen atoms in total. The molecule has 0 aliphatic heterocycles. The van der Waals surface area contributed by atoms with Gasteiger partial charge in [-0.15, -0.1) is 6.42 Å². The van der Waals surface area contributed by atoms with Crippen molar-refractivity contribution in [2.75, 3.05) is 7.11 Å². The molecule has 18 heavy (non-hydrogen) atoms. The van der Waals surface area contributed by atoms with E-state index in [1.165, 1.54) is 0 Å². The van der Waals surface area contributed by atoms with E-state index in [2.05, 4.69) is 11.2 Å². The third-order valence-corrected chi connectivity index (χ3v) is 3.17. The van der Waals surface area contributed by atoms with Crippen molar-refractivity contribution in [3.8, 4) is 18.1 Å². The van der Waals surface area contributed by atoms with Crippen LogP contribution in [0.2, 0.25) is 0 Å². The van der Waals surface area contributed by atoms with E-state index >= 15 is 0 Å². The van der Waals surface area contributed by atoms with Crippen molar-refractivity contribution in [3.63, 3.8) is 0 Å². The highest BCUT2D eigenvalue weighted by Crippen LogP contribution is 2.17. The Balaban J connectivity index is 2.91. The third kappa shape index (κ3) is 3.04. The lowest BCUT2D eigenvalue weighted by Gasteiger charge is -2.27. The molecule has 0 unspecified atom stereocenters. The van der Waals surface area contributed by atoms with Gasteiger partial charge in [-0.2, -0.15) is 0 Å². The highest BCUT2D eigenvalue weighted by molar-refractivity contribution is 5.95. The smallest absolute Gasteiger partial charge is 0.252 e. The number of terminal acetylenes is 1. The zero-order valence-electron chi connectivity index (χ0n) is 11.1. The fraction of sp³-hybridized carbons (Fsp3) is 0.400. The number of ether oxygens (including phenoxy) is 1. The van der Waals surface area contributed by atoms with E-state index < -0.39 is 5.54 Å². The average Bonchev–Trinajstić information content (AvgIpc) is 2.44. The first kappa shape index (κ1) is 14.1. The highest BCUT2D eigenvalue weighted by Gasteiger charge is 2.25. The van der Waals surface area contributed by atoms with Crippen LogP contribution in [0.1, 0.15) is 37.0 Å². The predicted octanol–water partition coefficient (Wildman–Crippen LogP) is 2.62. The number of carbonyl (C=O) groups is 1. The Hall–Kier alpha value is -1.95. The molecule has 0 atom stereocenters. The zero-order valence-corrected chi connectivity index (χ0v) is 11.1. The van der Waals surface area contributed by atoms with Gasteiger partial charge >= 0.3 is 0 Å². The fourth-order valence-electron chi connectivity index (χ4n) is 1.72. The first-order valence-corrected chi connectivity index (χ1v) is 6.05. The average molecular weight is 245 g/mol. The van der Waals surface area contributed by atoms with Gasteiger partial charge in [0.2, 0.25) is 0 Å². The number of carbonyl (C=O) groups excluding carboxylic acids is 1. The van der Waals surface area contributed by atoms with Crippen LogP contribution in [0.4, 0.5) is 0 Å². The minimum atomic E-state index is -0.569. The Kier molecular flexibility index (Phi) is 4.79. The maximum atomic E-state index is 12.1. The molecule has 96 valence electrons. The molecule has 1 rings (SSSR count). The fourth-order valence-corrected chi connectivity index (χ4v) is 1.72. The minimum absolute atomic E-state index is 0.171. The second-order valence-corrected chi connectivity index (χ2v) is 4.12. The van der Waals surface area contributed by atoms with Gasteiger partial charge < -0.3 is 10.1 Å². The minimum Gasteiger partial charge on any atom is -0.497 e. The van der Waals surface area contributed by atoms with Crippen molar-refractivity contribution < 1.29 is 9.53 Å². The zero-order chi connectivity index (χ0) is 13.6. The lowest BCUT2D eigenvalue weighted by atomic mass is 9.93. The molecule has 0 aliphatic rings. The number of hydrogen-bond donors (Lipinski definition) is 1. The summed E-state index contributed by atoms with van der Waals surface area (Å²) in [5, 5.41) is 2.92. The molecule has 1 aromatic carbocycles. The molecule has 0 bridgehead atoms. The number of hydrogen-bond acceptors (Lipinski definition) is 2. The molecule has 1 aromatic rings. The van der Waals surface area contributed by atoms with Gasteiger partial charge in [0.1, 0.15) is 11.3 Å². The Bertz CT molecular complexity index is 456. The molecule has 3 heteroatoms. The van der Waals surface area contributed by atoms with Crippen molar-refractivity contribution in [2.45, 2.75) is 32.2 Å². The molecule has 1 amide bonds. The largest absolute Gasteiger partial charge is 0.497 e. The number of rotatable bonds is 5. The molecule has 0 aromatic heterocycles. The van der Waals surface area contributed by atoms with Gasteiger partial charge in [0, 0.05) is 5.56 Å². The second kappa shape index (κ2) is 6.11. The summed E-state index contributed by atoms with van der Waals surface area (Å²) >= 11 is 0. The predicted molar refractivity (Wildman–Crippen MR) is 72.6 cm³/mol. The Labute approximate surface area is 109 Å². The van der Waals surface area contributed by atoms with Crippen molar-refractivity contribution in [1.82, 2.24) is 5.32 Å². The van der Waals surface area contributed by atoms with Gasteiger partial charge in [-0.25, -0.2) is 0 Å². The van der Waals surface area contributed by atoms with Gasteiger partial charge in [-0.05, 0) is 31.0 Å². The van der Waals surface area contributed by atoms with E-state index in [9.17, 15) is 4.79 Å². The maximum absolute atomic E-state index is 12.1. The summed E-state index contributed by atoms with van der Waals surface area (Å²) in [6, 6.07) is 7.01. The standard InChI is InChI=1S/C15H19NO2/c1-5-15(6-2,7-3)16-14(17)12-9-8-10-13(11-12)18-4/h1,8-11H,6-7H2,2-4H3,(H,16,17). The number of benzene rings is 1. The van der Waals surface area contributed by atoms with Crippen LogP contribution in [-0.2, 0) is 0 Å². The molecular formula is C15H19NO2. The van der Waals surface area contributed by atoms with Gasteiger partial charge in [-0.3, -0.25) is 4.79 Å². The quantitative estimate of drug-likeness (QED) is 0.810. The molecule has 0 heterocycles. The van der Waals surface area contributed by atoms with E-state index in [0.29, 0.717) is 24.2 Å². The molecule has 0 saturated carbocycles. The summed E-state index contributed by atoms with van der Waals surface area (Å²) in [6.07, 6.45) is 6.93. The SMILES string of the molecule is C#CC(CC)(CC)NC(=O)c1cccc(OC)c1. The molecule has 0 fully saturated rings. The number of nitrogens with one attached hydrogen (secondary N) is 1. The third-order valence-electron chi connectivity index (χ3n) is 3.17. The van der Waals surface area contributed by atoms with Crippen LogP contribution in [0, 0.1) is 12.3 Å². The molecule has 0 saturated heterocycles. The van der Waals surface area contributed by atoms with Gasteiger partial charge in [-0.1, -0.05) is 25.8 Å². The van der Waals surface area contributed by atoms with E-state index in [4.69, 9.17) is 11.2 Å². The highest BCUT2D eigenvalue weighted by atomic mass is 16.5. The summed E-state index contributed by atoms with van der Waals surface area (Å²) in [7, 11) is 1.57. The Morgan fingerprint density at radius 2 is 2.11 bits per heavy atom. The van der Waals surface area contributed by atoms with E-state index in [-0.39, 0.29) is 5.91 Å². The summed E-state index contributed by atoms with van der Waals surface area (Å²) < 4.78 is 5.09. The van der Waals surface area contributed by atoms with Gasteiger partial charge in [0.15, 0.2) is 0 Å². The lowest BCUT2D eigenvalue weighted by molar-refractivity contribution is 0.0916. The monoisotopic (exact) mass is 245 g/mol. The van der Waals surface area contributed by atoms with Crippen LogP contribution >= 0.6 is 0 Å². The maximum Gasteiger partial charge on any atom is 0.252 e. The molecular weight excluding hydrogens is 226 g/mol. The van der Waals surface area contributed by atoms with Crippen molar-refractivity contribution in [3.05, 3.63) is 29.8 Å². The Morgan fingerprint density at radius 1 is 1.44 bits per heavy atom. The molecule has 0 aliphatic carbocycles. The van der Waals surface area contributed by atoms with Crippen LogP contribution in [0.15, 0.2) is 24.3 Å². The van der Waals surface area contributed by atoms with Crippen LogP contribution in [-0.4, -0.2) is 18.6 Å². The van der Waals surface area contributed by atoms with Crippen molar-refractivity contribution in [2.24, 2.45) is 0 Å². The Morgan fingerprint density at radius 3 is 2.61 bits per heavy atom. The second-order valence-electron chi connectivity index (χ2n) is 4.12. The van der Waals surface area contributed by atoms with Gasteiger partial charge in [0.05, 0.1) is 7.11 Å². The van der Waals surface area contributed by atoms with Crippen LogP contribution in [0.25, 0.3) is 0 Å². The molecule has 0 spiro atoms. The van der Waals surface area contributed by atoms with Gasteiger partial charge in [0.25, 0.3) is 5.91 Å². The normalized spacial score (nSPS) is 10.6. The van der Waals surface area contributed by atoms with Crippen LogP contribution in [0.3, 0.4) is 0 Å². The van der Waals surface area contributed by atoms with Crippen LogP contribution in [0.5, 0.6) is 5.75 Å². The van der Waals surface area contributed by atoms with Crippen molar-refractivity contribution in [1.29, 1.82) is 0 Å². The summed E-state index contributed by atoms with van der Waals surface area (Å²) in [6.45, 7) is 3.93. The first-order chi connectivity index (χ1) is 8.60. The molecule has 0 radical (unpaired) electrons. The lowest BCUT2D eigenvalue weighted by Crippen LogP contribution is -2.46. The summed E-state index contributed by atoms with van der Waals surface area (Å²) in [5.74, 6) is 3.16. The number of methoxy groups -OCH3 is 1. The first-order valence-electron chi connectivity index (χ1n) is 6.05. The van der Waals surface area contributed by atoms with E-state index in [1.54, 1.807) is 31.4 Å². The van der Waals surface area contributed by atoms with E-state index in [1.807, 2.05) is 13.8 Å².